The average molecular weight is 269 g/mol. The van der Waals surface area contributed by atoms with Gasteiger partial charge in [-0.1, -0.05) is 6.07 Å². The van der Waals surface area contributed by atoms with Crippen LogP contribution in [0.1, 0.15) is 25.0 Å². The molecule has 100 valence electrons. The van der Waals surface area contributed by atoms with E-state index in [9.17, 15) is 8.42 Å². The molecule has 1 N–H and O–H groups in total. The van der Waals surface area contributed by atoms with Crippen LogP contribution in [0.5, 0.6) is 0 Å². The Hall–Kier alpha value is -1.07. The van der Waals surface area contributed by atoms with Crippen LogP contribution >= 0.6 is 0 Å². The smallest absolute Gasteiger partial charge is 0.154 e. The molecule has 0 atom stereocenters. The SMILES string of the molecule is CC(C)S(=O)(=O)CCNc1ccc2c(c1)COC2. The van der Waals surface area contributed by atoms with Gasteiger partial charge in [0.05, 0.1) is 24.2 Å². The van der Waals surface area contributed by atoms with Crippen LogP contribution in [0.3, 0.4) is 0 Å². The van der Waals surface area contributed by atoms with Gasteiger partial charge in [0, 0.05) is 12.2 Å². The highest BCUT2D eigenvalue weighted by Crippen LogP contribution is 2.23. The third-order valence-electron chi connectivity index (χ3n) is 3.16. The highest BCUT2D eigenvalue weighted by Gasteiger charge is 2.15. The van der Waals surface area contributed by atoms with Crippen molar-refractivity contribution < 1.29 is 13.2 Å². The van der Waals surface area contributed by atoms with Crippen molar-refractivity contribution in [3.05, 3.63) is 29.3 Å². The van der Waals surface area contributed by atoms with E-state index in [0.29, 0.717) is 19.8 Å². The standard InChI is InChI=1S/C13H19NO3S/c1-10(2)18(15,16)6-5-14-13-4-3-11-8-17-9-12(11)7-13/h3-4,7,10,14H,5-6,8-9H2,1-2H3. The van der Waals surface area contributed by atoms with Crippen molar-refractivity contribution in [2.45, 2.75) is 32.3 Å². The summed E-state index contributed by atoms with van der Waals surface area (Å²) in [5.41, 5.74) is 3.36. The lowest BCUT2D eigenvalue weighted by molar-refractivity contribution is 0.134. The van der Waals surface area contributed by atoms with E-state index >= 15 is 0 Å². The molecule has 0 spiro atoms. The topological polar surface area (TPSA) is 55.4 Å². The van der Waals surface area contributed by atoms with Crippen LogP contribution in [0.15, 0.2) is 18.2 Å². The molecule has 5 heteroatoms. The Morgan fingerprint density at radius 3 is 2.72 bits per heavy atom. The lowest BCUT2D eigenvalue weighted by atomic mass is 10.1. The summed E-state index contributed by atoms with van der Waals surface area (Å²) in [5.74, 6) is 0.165. The zero-order valence-electron chi connectivity index (χ0n) is 10.8. The summed E-state index contributed by atoms with van der Waals surface area (Å²) in [6, 6.07) is 6.03. The third kappa shape index (κ3) is 3.03. The Morgan fingerprint density at radius 2 is 2.00 bits per heavy atom. The lowest BCUT2D eigenvalue weighted by Gasteiger charge is -2.10. The van der Waals surface area contributed by atoms with Crippen LogP contribution in [-0.2, 0) is 27.8 Å². The number of nitrogens with one attached hydrogen (secondary N) is 1. The van der Waals surface area contributed by atoms with Crippen LogP contribution < -0.4 is 5.32 Å². The largest absolute Gasteiger partial charge is 0.384 e. The van der Waals surface area contributed by atoms with Gasteiger partial charge in [-0.2, -0.15) is 0 Å². The summed E-state index contributed by atoms with van der Waals surface area (Å²) in [5, 5.41) is 2.84. The molecule has 0 radical (unpaired) electrons. The maximum atomic E-state index is 11.6. The van der Waals surface area contributed by atoms with Crippen molar-refractivity contribution in [3.63, 3.8) is 0 Å². The van der Waals surface area contributed by atoms with Crippen LogP contribution in [0, 0.1) is 0 Å². The Labute approximate surface area is 108 Å². The van der Waals surface area contributed by atoms with Crippen LogP contribution in [0.25, 0.3) is 0 Å². The molecule has 0 unspecified atom stereocenters. The molecule has 0 fully saturated rings. The number of hydrogen-bond donors (Lipinski definition) is 1. The highest BCUT2D eigenvalue weighted by atomic mass is 32.2. The maximum absolute atomic E-state index is 11.6. The number of benzene rings is 1. The number of fused-ring (bicyclic) bond motifs is 1. The van der Waals surface area contributed by atoms with Gasteiger partial charge in [-0.3, -0.25) is 0 Å². The van der Waals surface area contributed by atoms with Crippen LogP contribution in [-0.4, -0.2) is 26.0 Å². The van der Waals surface area contributed by atoms with E-state index in [2.05, 4.69) is 5.32 Å². The molecule has 1 heterocycles. The second-order valence-corrected chi connectivity index (χ2v) is 7.50. The molecule has 18 heavy (non-hydrogen) atoms. The van der Waals surface area contributed by atoms with Gasteiger partial charge in [-0.25, -0.2) is 8.42 Å². The van der Waals surface area contributed by atoms with Gasteiger partial charge in [-0.05, 0) is 37.1 Å². The molecule has 0 aromatic heterocycles. The monoisotopic (exact) mass is 269 g/mol. The maximum Gasteiger partial charge on any atom is 0.154 e. The van der Waals surface area contributed by atoms with Gasteiger partial charge in [0.15, 0.2) is 9.84 Å². The predicted octanol–water partition coefficient (Wildman–Crippen LogP) is 1.95. The van der Waals surface area contributed by atoms with Crippen LogP contribution in [0.2, 0.25) is 0 Å². The van der Waals surface area contributed by atoms with Crippen molar-refractivity contribution in [1.29, 1.82) is 0 Å². The van der Waals surface area contributed by atoms with Crippen molar-refractivity contribution in [2.24, 2.45) is 0 Å². The predicted molar refractivity (Wildman–Crippen MR) is 72.3 cm³/mol. The molecule has 0 amide bonds. The summed E-state index contributed by atoms with van der Waals surface area (Å²) in [6.45, 7) is 5.19. The van der Waals surface area contributed by atoms with E-state index in [-0.39, 0.29) is 11.0 Å². The normalized spacial score (nSPS) is 14.8. The second kappa shape index (κ2) is 5.28. The fourth-order valence-corrected chi connectivity index (χ4v) is 2.71. The fraction of sp³-hybridized carbons (Fsp3) is 0.538. The Morgan fingerprint density at radius 1 is 1.28 bits per heavy atom. The average Bonchev–Trinajstić information content (AvgIpc) is 2.75. The third-order valence-corrected chi connectivity index (χ3v) is 5.36. The number of sulfone groups is 1. The van der Waals surface area contributed by atoms with E-state index in [1.165, 1.54) is 11.1 Å². The summed E-state index contributed by atoms with van der Waals surface area (Å²) < 4.78 is 28.6. The second-order valence-electron chi connectivity index (χ2n) is 4.82. The Balaban J connectivity index is 1.92. The van der Waals surface area contributed by atoms with E-state index in [4.69, 9.17) is 4.74 Å². The van der Waals surface area contributed by atoms with Crippen molar-refractivity contribution in [3.8, 4) is 0 Å². The highest BCUT2D eigenvalue weighted by molar-refractivity contribution is 7.92. The van der Waals surface area contributed by atoms with Crippen molar-refractivity contribution in [2.75, 3.05) is 17.6 Å². The first-order valence-electron chi connectivity index (χ1n) is 6.14. The molecule has 1 aliphatic heterocycles. The molecule has 4 nitrogen and oxygen atoms in total. The summed E-state index contributed by atoms with van der Waals surface area (Å²) in [4.78, 5) is 0. The Kier molecular flexibility index (Phi) is 3.92. The van der Waals surface area contributed by atoms with Crippen LogP contribution in [0.4, 0.5) is 5.69 Å². The Bertz CT molecular complexity index is 523. The summed E-state index contributed by atoms with van der Waals surface area (Å²) in [6.07, 6.45) is 0. The minimum atomic E-state index is -2.97. The van der Waals surface area contributed by atoms with E-state index in [1.54, 1.807) is 13.8 Å². The van der Waals surface area contributed by atoms with Crippen molar-refractivity contribution >= 4 is 15.5 Å². The molecule has 0 bridgehead atoms. The zero-order chi connectivity index (χ0) is 13.2. The molecule has 1 aromatic carbocycles. The van der Waals surface area contributed by atoms with E-state index < -0.39 is 9.84 Å². The van der Waals surface area contributed by atoms with Gasteiger partial charge < -0.3 is 10.1 Å². The number of ether oxygens (including phenoxy) is 1. The molecule has 0 aliphatic carbocycles. The fourth-order valence-electron chi connectivity index (χ4n) is 1.86. The quantitative estimate of drug-likeness (QED) is 0.887. The number of anilines is 1. The van der Waals surface area contributed by atoms with E-state index in [1.807, 2.05) is 18.2 Å². The number of rotatable bonds is 5. The molecule has 0 saturated heterocycles. The first-order chi connectivity index (χ1) is 8.49. The first kappa shape index (κ1) is 13.4. The van der Waals surface area contributed by atoms with E-state index in [0.717, 1.165) is 5.69 Å². The zero-order valence-corrected chi connectivity index (χ0v) is 11.6. The number of hydrogen-bond acceptors (Lipinski definition) is 4. The summed E-state index contributed by atoms with van der Waals surface area (Å²) >= 11 is 0. The minimum Gasteiger partial charge on any atom is -0.384 e. The molecular weight excluding hydrogens is 250 g/mol. The van der Waals surface area contributed by atoms with Crippen molar-refractivity contribution in [1.82, 2.24) is 0 Å². The molecule has 2 rings (SSSR count). The minimum absolute atomic E-state index is 0.165. The lowest BCUT2D eigenvalue weighted by Crippen LogP contribution is -2.22. The first-order valence-corrected chi connectivity index (χ1v) is 7.85. The van der Waals surface area contributed by atoms with Gasteiger partial charge in [0.2, 0.25) is 0 Å². The van der Waals surface area contributed by atoms with Gasteiger partial charge in [0.25, 0.3) is 0 Å². The molecule has 0 saturated carbocycles. The molecule has 1 aromatic rings. The molecular formula is C13H19NO3S. The van der Waals surface area contributed by atoms with Gasteiger partial charge in [0.1, 0.15) is 0 Å². The molecule has 1 aliphatic rings. The van der Waals surface area contributed by atoms with Gasteiger partial charge >= 0.3 is 0 Å². The van der Waals surface area contributed by atoms with Gasteiger partial charge in [-0.15, -0.1) is 0 Å². The summed E-state index contributed by atoms with van der Waals surface area (Å²) in [7, 11) is -2.97.